The number of hydrogen-bond acceptors (Lipinski definition) is 7. The van der Waals surface area contributed by atoms with E-state index in [1.807, 2.05) is 30.5 Å². The Balaban J connectivity index is 1.77. The maximum absolute atomic E-state index is 10.7. The lowest BCUT2D eigenvalue weighted by Crippen LogP contribution is -2.32. The van der Waals surface area contributed by atoms with E-state index in [0.717, 1.165) is 23.9 Å². The van der Waals surface area contributed by atoms with Gasteiger partial charge in [-0.25, -0.2) is 9.97 Å². The zero-order valence-corrected chi connectivity index (χ0v) is 15.3. The summed E-state index contributed by atoms with van der Waals surface area (Å²) in [6, 6.07) is 7.70. The Morgan fingerprint density at radius 1 is 1.11 bits per heavy atom. The monoisotopic (exact) mass is 363 g/mol. The Hall–Kier alpha value is -2.93. The Kier molecular flexibility index (Phi) is 3.65. The molecule has 7 heteroatoms. The molecule has 0 radical (unpaired) electrons. The molecule has 138 valence electrons. The second-order valence-electron chi connectivity index (χ2n) is 7.24. The average Bonchev–Trinajstić information content (AvgIpc) is 3.01. The topological polar surface area (TPSA) is 83.4 Å². The van der Waals surface area contributed by atoms with E-state index in [-0.39, 0.29) is 6.10 Å². The number of nitrogens with zero attached hydrogens (tertiary/aromatic N) is 4. The van der Waals surface area contributed by atoms with Crippen LogP contribution < -0.4 is 15.0 Å². The van der Waals surface area contributed by atoms with Gasteiger partial charge in [0, 0.05) is 18.5 Å². The molecule has 2 N–H and O–H groups in total. The number of anilines is 3. The van der Waals surface area contributed by atoms with E-state index < -0.39 is 6.35 Å². The third-order valence-electron chi connectivity index (χ3n) is 5.35. The van der Waals surface area contributed by atoms with Crippen molar-refractivity contribution in [2.75, 3.05) is 10.2 Å². The molecule has 7 nitrogen and oxygen atoms in total. The van der Waals surface area contributed by atoms with Crippen LogP contribution in [0.1, 0.15) is 38.2 Å². The summed E-state index contributed by atoms with van der Waals surface area (Å²) in [6.45, 7) is 4.29. The molecule has 0 saturated carbocycles. The molecule has 0 aliphatic carbocycles. The van der Waals surface area contributed by atoms with Gasteiger partial charge in [0.05, 0.1) is 17.1 Å². The van der Waals surface area contributed by atoms with Crippen LogP contribution >= 0.6 is 0 Å². The Labute approximate surface area is 157 Å². The number of aliphatic hydroxyl groups excluding tert-OH is 1. The fraction of sp³-hybridized carbons (Fsp3) is 0.350. The molecular weight excluding hydrogens is 342 g/mol. The van der Waals surface area contributed by atoms with E-state index in [0.29, 0.717) is 29.0 Å². The van der Waals surface area contributed by atoms with E-state index in [1.54, 1.807) is 11.1 Å². The van der Waals surface area contributed by atoms with Crippen molar-refractivity contribution in [2.24, 2.45) is 0 Å². The van der Waals surface area contributed by atoms with Crippen molar-refractivity contribution in [1.29, 1.82) is 0 Å². The largest absolute Gasteiger partial charge is 0.488 e. The van der Waals surface area contributed by atoms with Crippen LogP contribution in [-0.2, 0) is 0 Å². The molecule has 0 aromatic carbocycles. The number of ether oxygens (including phenoxy) is 1. The van der Waals surface area contributed by atoms with Crippen molar-refractivity contribution in [3.05, 3.63) is 42.2 Å². The average molecular weight is 363 g/mol. The smallest absolute Gasteiger partial charge is 0.212 e. The molecule has 3 atom stereocenters. The highest BCUT2D eigenvalue weighted by Gasteiger charge is 2.34. The summed E-state index contributed by atoms with van der Waals surface area (Å²) in [5.74, 6) is 2.25. The second kappa shape index (κ2) is 6.06. The lowest BCUT2D eigenvalue weighted by molar-refractivity contribution is 0.200. The lowest BCUT2D eigenvalue weighted by Gasteiger charge is -2.26. The van der Waals surface area contributed by atoms with Crippen molar-refractivity contribution in [1.82, 2.24) is 15.0 Å². The van der Waals surface area contributed by atoms with Gasteiger partial charge in [-0.05, 0) is 49.4 Å². The minimum atomic E-state index is -0.960. The third kappa shape index (κ3) is 2.57. The number of hydrogen-bond donors (Lipinski definition) is 2. The van der Waals surface area contributed by atoms with Gasteiger partial charge in [0.25, 0.3) is 0 Å². The number of pyridine rings is 3. The van der Waals surface area contributed by atoms with Crippen LogP contribution in [0.3, 0.4) is 0 Å². The van der Waals surface area contributed by atoms with Crippen LogP contribution in [0.2, 0.25) is 0 Å². The zero-order chi connectivity index (χ0) is 18.5. The first-order chi connectivity index (χ1) is 13.1. The molecule has 2 bridgehead atoms. The predicted octanol–water partition coefficient (Wildman–Crippen LogP) is 3.53. The van der Waals surface area contributed by atoms with Crippen molar-refractivity contribution in [2.45, 2.75) is 45.1 Å². The molecule has 0 amide bonds. The molecule has 1 unspecified atom stereocenters. The molecular formula is C20H21N5O2. The number of aliphatic hydroxyl groups is 1. The number of rotatable bonds is 0. The molecule has 5 heterocycles. The van der Waals surface area contributed by atoms with Crippen LogP contribution in [0.15, 0.2) is 36.7 Å². The maximum atomic E-state index is 10.7. The van der Waals surface area contributed by atoms with Crippen molar-refractivity contribution < 1.29 is 9.84 Å². The van der Waals surface area contributed by atoms with Crippen molar-refractivity contribution in [3.8, 4) is 5.75 Å². The highest BCUT2D eigenvalue weighted by atomic mass is 16.5. The third-order valence-corrected chi connectivity index (χ3v) is 5.35. The van der Waals surface area contributed by atoms with E-state index in [1.165, 1.54) is 5.56 Å². The van der Waals surface area contributed by atoms with Gasteiger partial charge in [0.1, 0.15) is 17.3 Å². The van der Waals surface area contributed by atoms with Crippen LogP contribution in [0.4, 0.5) is 17.3 Å². The fourth-order valence-corrected chi connectivity index (χ4v) is 3.90. The van der Waals surface area contributed by atoms with Crippen LogP contribution in [0.5, 0.6) is 5.75 Å². The van der Waals surface area contributed by atoms with Crippen LogP contribution in [0, 0.1) is 0 Å². The summed E-state index contributed by atoms with van der Waals surface area (Å²) in [6.07, 6.45) is 4.51. The van der Waals surface area contributed by atoms with Gasteiger partial charge in [-0.15, -0.1) is 0 Å². The highest BCUT2D eigenvalue weighted by molar-refractivity contribution is 5.86. The van der Waals surface area contributed by atoms with Gasteiger partial charge in [-0.3, -0.25) is 9.88 Å². The Morgan fingerprint density at radius 2 is 1.96 bits per heavy atom. The van der Waals surface area contributed by atoms with Gasteiger partial charge in [-0.1, -0.05) is 6.92 Å². The van der Waals surface area contributed by atoms with Crippen LogP contribution in [0.25, 0.3) is 11.0 Å². The maximum Gasteiger partial charge on any atom is 0.212 e. The Bertz CT molecular complexity index is 1020. The number of fused-ring (bicyclic) bond motifs is 2. The Morgan fingerprint density at radius 3 is 2.85 bits per heavy atom. The molecule has 0 saturated heterocycles. The lowest BCUT2D eigenvalue weighted by atomic mass is 9.94. The first-order valence-corrected chi connectivity index (χ1v) is 9.27. The quantitative estimate of drug-likeness (QED) is 0.632. The molecule has 0 fully saturated rings. The molecule has 0 spiro atoms. The standard InChI is InChI=1S/C20H21N5O2/c1-11-3-4-12(2)27-15-8-10-22-19-18(15)25(20(26)24-19)16-6-5-14-17(23-16)13(11)7-9-21-14/h5-12,20,26H,3-4H2,1-2H3,(H,22,24)/t11-,12-,20?/m1/s1. The normalized spacial score (nSPS) is 24.0. The van der Waals surface area contributed by atoms with E-state index in [4.69, 9.17) is 9.72 Å². The number of aromatic nitrogens is 3. The predicted molar refractivity (Wildman–Crippen MR) is 103 cm³/mol. The van der Waals surface area contributed by atoms with Gasteiger partial charge >= 0.3 is 0 Å². The minimum absolute atomic E-state index is 0.0431. The van der Waals surface area contributed by atoms with E-state index in [9.17, 15) is 5.11 Å². The van der Waals surface area contributed by atoms with E-state index >= 15 is 0 Å². The highest BCUT2D eigenvalue weighted by Crippen LogP contribution is 2.45. The molecule has 3 aromatic rings. The summed E-state index contributed by atoms with van der Waals surface area (Å²) < 4.78 is 6.23. The molecule has 27 heavy (non-hydrogen) atoms. The fourth-order valence-electron chi connectivity index (χ4n) is 3.90. The van der Waals surface area contributed by atoms with Gasteiger partial charge in [0.2, 0.25) is 6.35 Å². The SMILES string of the molecule is C[C@@H]1CC[C@@H](C)c2ccnc3ccc(nc23)N2c3c(ccnc3NC2O)O1. The zero-order valence-electron chi connectivity index (χ0n) is 15.3. The summed E-state index contributed by atoms with van der Waals surface area (Å²) >= 11 is 0. The minimum Gasteiger partial charge on any atom is -0.488 e. The summed E-state index contributed by atoms with van der Waals surface area (Å²) in [7, 11) is 0. The first-order valence-electron chi connectivity index (χ1n) is 9.27. The first kappa shape index (κ1) is 16.3. The molecule has 3 aromatic heterocycles. The van der Waals surface area contributed by atoms with Crippen molar-refractivity contribution >= 4 is 28.4 Å². The summed E-state index contributed by atoms with van der Waals surface area (Å²) in [4.78, 5) is 15.4. The van der Waals surface area contributed by atoms with Gasteiger partial charge in [-0.2, -0.15) is 0 Å². The van der Waals surface area contributed by atoms with Gasteiger partial charge < -0.3 is 15.2 Å². The molecule has 2 aliphatic heterocycles. The van der Waals surface area contributed by atoms with E-state index in [2.05, 4.69) is 29.1 Å². The molecule has 5 rings (SSSR count). The number of nitrogens with one attached hydrogen (secondary N) is 1. The summed E-state index contributed by atoms with van der Waals surface area (Å²) in [5.41, 5.74) is 3.62. The summed E-state index contributed by atoms with van der Waals surface area (Å²) in [5, 5.41) is 13.6. The molecule has 2 aliphatic rings. The van der Waals surface area contributed by atoms with Crippen molar-refractivity contribution in [3.63, 3.8) is 0 Å². The second-order valence-corrected chi connectivity index (χ2v) is 7.24. The van der Waals surface area contributed by atoms with Gasteiger partial charge in [0.15, 0.2) is 5.82 Å². The van der Waals surface area contributed by atoms with Crippen LogP contribution in [-0.4, -0.2) is 32.5 Å².